The van der Waals surface area contributed by atoms with Crippen LogP contribution in [0.3, 0.4) is 0 Å². The average Bonchev–Trinajstić information content (AvgIpc) is 2.67. The van der Waals surface area contributed by atoms with Crippen molar-refractivity contribution in [1.29, 1.82) is 0 Å². The molecule has 0 radical (unpaired) electrons. The monoisotopic (exact) mass is 238 g/mol. The van der Waals surface area contributed by atoms with Crippen LogP contribution in [0.25, 0.3) is 10.4 Å². The molecule has 2 rings (SSSR count). The summed E-state index contributed by atoms with van der Waals surface area (Å²) < 4.78 is 27.4. The molecule has 1 aromatic heterocycles. The number of halogens is 2. The van der Waals surface area contributed by atoms with E-state index in [2.05, 4.69) is 0 Å². The standard InChI is InChI=1S/C13H12F2S/c1-8(2)13-10(14)6-9(7-11(13)15)12-4-3-5-16-12/h3-8H,1-2H3. The van der Waals surface area contributed by atoms with Crippen molar-refractivity contribution in [3.8, 4) is 10.4 Å². The molecule has 84 valence electrons. The highest BCUT2D eigenvalue weighted by atomic mass is 32.1. The molecule has 1 heterocycles. The van der Waals surface area contributed by atoms with Gasteiger partial charge in [0.05, 0.1) is 0 Å². The summed E-state index contributed by atoms with van der Waals surface area (Å²) in [6.07, 6.45) is 0. The summed E-state index contributed by atoms with van der Waals surface area (Å²) in [6.45, 7) is 3.57. The van der Waals surface area contributed by atoms with Crippen LogP contribution < -0.4 is 0 Å². The molecule has 1 aromatic carbocycles. The first-order chi connectivity index (χ1) is 7.59. The molecule has 0 bridgehead atoms. The van der Waals surface area contributed by atoms with Gasteiger partial charge in [0.25, 0.3) is 0 Å². The van der Waals surface area contributed by atoms with Crippen LogP contribution in [0.5, 0.6) is 0 Å². The van der Waals surface area contributed by atoms with Gasteiger partial charge < -0.3 is 0 Å². The Bertz CT molecular complexity index is 464. The highest BCUT2D eigenvalue weighted by molar-refractivity contribution is 7.13. The fourth-order valence-corrected chi connectivity index (χ4v) is 2.44. The average molecular weight is 238 g/mol. The maximum atomic E-state index is 13.7. The minimum absolute atomic E-state index is 0.141. The second-order valence-electron chi connectivity index (χ2n) is 3.99. The van der Waals surface area contributed by atoms with Gasteiger partial charge >= 0.3 is 0 Å². The minimum Gasteiger partial charge on any atom is -0.207 e. The van der Waals surface area contributed by atoms with Gasteiger partial charge in [-0.15, -0.1) is 11.3 Å². The summed E-state index contributed by atoms with van der Waals surface area (Å²) in [7, 11) is 0. The van der Waals surface area contributed by atoms with E-state index in [-0.39, 0.29) is 11.5 Å². The highest BCUT2D eigenvalue weighted by Crippen LogP contribution is 2.30. The van der Waals surface area contributed by atoms with Crippen molar-refractivity contribution >= 4 is 11.3 Å². The zero-order valence-electron chi connectivity index (χ0n) is 9.13. The largest absolute Gasteiger partial charge is 0.207 e. The predicted octanol–water partition coefficient (Wildman–Crippen LogP) is 4.82. The van der Waals surface area contributed by atoms with E-state index in [4.69, 9.17) is 0 Å². The fourth-order valence-electron chi connectivity index (χ4n) is 1.72. The van der Waals surface area contributed by atoms with Crippen molar-refractivity contribution in [2.45, 2.75) is 19.8 Å². The van der Waals surface area contributed by atoms with E-state index in [1.807, 2.05) is 17.5 Å². The van der Waals surface area contributed by atoms with Crippen LogP contribution in [-0.4, -0.2) is 0 Å². The summed E-state index contributed by atoms with van der Waals surface area (Å²) in [5.74, 6) is -1.06. The number of hydrogen-bond acceptors (Lipinski definition) is 1. The van der Waals surface area contributed by atoms with Gasteiger partial charge in [0.2, 0.25) is 0 Å². The van der Waals surface area contributed by atoms with Crippen LogP contribution in [0.1, 0.15) is 25.3 Å². The lowest BCUT2D eigenvalue weighted by molar-refractivity contribution is 0.542. The first-order valence-corrected chi connectivity index (χ1v) is 6.00. The van der Waals surface area contributed by atoms with Gasteiger partial charge in [-0.05, 0) is 35.1 Å². The van der Waals surface area contributed by atoms with Gasteiger partial charge in [0.1, 0.15) is 11.6 Å². The third-order valence-corrected chi connectivity index (χ3v) is 3.38. The summed E-state index contributed by atoms with van der Waals surface area (Å²) >= 11 is 1.47. The Kier molecular flexibility index (Phi) is 3.06. The normalized spacial score (nSPS) is 11.1. The SMILES string of the molecule is CC(C)c1c(F)cc(-c2cccs2)cc1F. The van der Waals surface area contributed by atoms with Crippen molar-refractivity contribution in [3.05, 3.63) is 46.8 Å². The highest BCUT2D eigenvalue weighted by Gasteiger charge is 2.15. The molecule has 0 aliphatic carbocycles. The number of thiophene rings is 1. The van der Waals surface area contributed by atoms with Crippen LogP contribution in [0.15, 0.2) is 29.6 Å². The maximum Gasteiger partial charge on any atom is 0.130 e. The molecule has 0 saturated carbocycles. The summed E-state index contributed by atoms with van der Waals surface area (Å²) in [6, 6.07) is 6.54. The second kappa shape index (κ2) is 4.34. The van der Waals surface area contributed by atoms with E-state index < -0.39 is 11.6 Å². The van der Waals surface area contributed by atoms with Gasteiger partial charge in [-0.1, -0.05) is 19.9 Å². The number of rotatable bonds is 2. The Hall–Kier alpha value is -1.22. The molecule has 0 atom stereocenters. The Labute approximate surface area is 97.6 Å². The molecule has 0 aliphatic heterocycles. The molecule has 16 heavy (non-hydrogen) atoms. The Morgan fingerprint density at radius 2 is 1.75 bits per heavy atom. The van der Waals surface area contributed by atoms with Crippen molar-refractivity contribution < 1.29 is 8.78 Å². The van der Waals surface area contributed by atoms with Crippen molar-refractivity contribution in [2.24, 2.45) is 0 Å². The summed E-state index contributed by atoms with van der Waals surface area (Å²) in [4.78, 5) is 0.883. The first-order valence-electron chi connectivity index (χ1n) is 5.12. The lowest BCUT2D eigenvalue weighted by atomic mass is 9.99. The molecule has 0 saturated heterocycles. The number of hydrogen-bond donors (Lipinski definition) is 0. The van der Waals surface area contributed by atoms with Gasteiger partial charge in [-0.2, -0.15) is 0 Å². The zero-order valence-corrected chi connectivity index (χ0v) is 9.94. The molecule has 3 heteroatoms. The second-order valence-corrected chi connectivity index (χ2v) is 4.93. The van der Waals surface area contributed by atoms with Gasteiger partial charge in [-0.25, -0.2) is 8.78 Å². The van der Waals surface area contributed by atoms with Crippen molar-refractivity contribution in [2.75, 3.05) is 0 Å². The van der Waals surface area contributed by atoms with E-state index in [1.165, 1.54) is 23.5 Å². The third-order valence-electron chi connectivity index (χ3n) is 2.46. The molecule has 0 unspecified atom stereocenters. The maximum absolute atomic E-state index is 13.7. The third kappa shape index (κ3) is 2.00. The van der Waals surface area contributed by atoms with Crippen molar-refractivity contribution in [1.82, 2.24) is 0 Å². The van der Waals surface area contributed by atoms with Crippen LogP contribution in [0, 0.1) is 11.6 Å². The van der Waals surface area contributed by atoms with Gasteiger partial charge in [-0.3, -0.25) is 0 Å². The summed E-state index contributed by atoms with van der Waals surface area (Å²) in [5.41, 5.74) is 0.773. The van der Waals surface area contributed by atoms with Crippen LogP contribution >= 0.6 is 11.3 Å². The van der Waals surface area contributed by atoms with E-state index in [9.17, 15) is 8.78 Å². The quantitative estimate of drug-likeness (QED) is 0.703. The van der Waals surface area contributed by atoms with Gasteiger partial charge in [0, 0.05) is 10.4 Å². The van der Waals surface area contributed by atoms with E-state index in [1.54, 1.807) is 13.8 Å². The topological polar surface area (TPSA) is 0 Å². The molecule has 2 aromatic rings. The number of benzene rings is 1. The smallest absolute Gasteiger partial charge is 0.130 e. The Balaban J connectivity index is 2.53. The summed E-state index contributed by atoms with van der Waals surface area (Å²) in [5, 5.41) is 1.89. The Morgan fingerprint density at radius 3 is 2.19 bits per heavy atom. The molecule has 0 amide bonds. The lowest BCUT2D eigenvalue weighted by Gasteiger charge is -2.10. The van der Waals surface area contributed by atoms with Crippen LogP contribution in [0.2, 0.25) is 0 Å². The zero-order chi connectivity index (χ0) is 11.7. The van der Waals surface area contributed by atoms with E-state index in [0.717, 1.165) is 4.88 Å². The molecular formula is C13H12F2S. The fraction of sp³-hybridized carbons (Fsp3) is 0.231. The van der Waals surface area contributed by atoms with Crippen molar-refractivity contribution in [3.63, 3.8) is 0 Å². The van der Waals surface area contributed by atoms with Crippen LogP contribution in [-0.2, 0) is 0 Å². The first kappa shape index (κ1) is 11.3. The minimum atomic E-state index is -0.460. The molecule has 0 nitrogen and oxygen atoms in total. The predicted molar refractivity (Wildman–Crippen MR) is 63.8 cm³/mol. The van der Waals surface area contributed by atoms with Gasteiger partial charge in [0.15, 0.2) is 0 Å². The Morgan fingerprint density at radius 1 is 1.12 bits per heavy atom. The molecule has 0 N–H and O–H groups in total. The molecule has 0 aliphatic rings. The van der Waals surface area contributed by atoms with E-state index in [0.29, 0.717) is 5.56 Å². The van der Waals surface area contributed by atoms with E-state index >= 15 is 0 Å². The lowest BCUT2D eigenvalue weighted by Crippen LogP contribution is -1.98. The molecular weight excluding hydrogens is 226 g/mol. The molecule has 0 fully saturated rings. The van der Waals surface area contributed by atoms with Crippen LogP contribution in [0.4, 0.5) is 8.78 Å². The molecule has 0 spiro atoms.